The van der Waals surface area contributed by atoms with Crippen LogP contribution in [0.15, 0.2) is 35.9 Å². The van der Waals surface area contributed by atoms with Gasteiger partial charge < -0.3 is 24.4 Å². The number of alkyl carbamates (subject to hydrolysis) is 1. The first-order valence-corrected chi connectivity index (χ1v) is 12.9. The van der Waals surface area contributed by atoms with Gasteiger partial charge >= 0.3 is 12.2 Å². The summed E-state index contributed by atoms with van der Waals surface area (Å²) < 4.78 is 15.9. The number of nitrogens with one attached hydrogen (secondary N) is 1. The fraction of sp³-hybridized carbons (Fsp3) is 0.519. The Morgan fingerprint density at radius 2 is 1.78 bits per heavy atom. The van der Waals surface area contributed by atoms with Crippen LogP contribution >= 0.6 is 11.3 Å². The predicted octanol–water partition coefficient (Wildman–Crippen LogP) is 6.59. The number of aryl methyl sites for hydroxylation is 1. The number of anilines is 1. The first kappa shape index (κ1) is 29.2. The van der Waals surface area contributed by atoms with E-state index in [1.807, 2.05) is 58.2 Å². The zero-order chi connectivity index (χ0) is 26.9. The molecular weight excluding hydrogens is 478 g/mol. The number of hydrogen-bond acceptors (Lipinski definition) is 8. The van der Waals surface area contributed by atoms with Gasteiger partial charge in [-0.1, -0.05) is 6.08 Å². The maximum Gasteiger partial charge on any atom is 0.514 e. The van der Waals surface area contributed by atoms with E-state index in [0.29, 0.717) is 18.7 Å². The lowest BCUT2D eigenvalue weighted by Gasteiger charge is -2.21. The summed E-state index contributed by atoms with van der Waals surface area (Å²) in [6, 6.07) is 5.57. The molecule has 3 rings (SSSR count). The highest BCUT2D eigenvalue weighted by Crippen LogP contribution is 2.35. The Kier molecular flexibility index (Phi) is 10.3. The number of ether oxygens (including phenoxy) is 3. The average molecular weight is 518 g/mol. The van der Waals surface area contributed by atoms with Crippen LogP contribution in [0.5, 0.6) is 5.75 Å². The van der Waals surface area contributed by atoms with Gasteiger partial charge in [-0.05, 0) is 85.6 Å². The molecule has 8 nitrogen and oxygen atoms in total. The molecule has 1 amide bonds. The molecule has 1 aromatic carbocycles. The molecule has 2 aromatic rings. The van der Waals surface area contributed by atoms with E-state index in [0.717, 1.165) is 34.9 Å². The van der Waals surface area contributed by atoms with Crippen molar-refractivity contribution in [2.45, 2.75) is 73.0 Å². The van der Waals surface area contributed by atoms with Crippen molar-refractivity contribution >= 4 is 34.8 Å². The molecule has 1 saturated heterocycles. The Balaban J connectivity index is 0.000000662. The van der Waals surface area contributed by atoms with Crippen molar-refractivity contribution in [3.63, 3.8) is 0 Å². The number of hydrogen-bond donors (Lipinski definition) is 1. The Bertz CT molecular complexity index is 1030. The van der Waals surface area contributed by atoms with Gasteiger partial charge in [-0.15, -0.1) is 11.3 Å². The topological polar surface area (TPSA) is 89.8 Å². The third-order valence-corrected chi connectivity index (χ3v) is 5.36. The summed E-state index contributed by atoms with van der Waals surface area (Å²) in [5.41, 5.74) is 1.94. The normalized spacial score (nSPS) is 13.3. The average Bonchev–Trinajstić information content (AvgIpc) is 3.47. The number of amides is 1. The molecule has 1 aliphatic heterocycles. The van der Waals surface area contributed by atoms with Gasteiger partial charge in [-0.25, -0.2) is 9.59 Å². The highest BCUT2D eigenvalue weighted by molar-refractivity contribution is 7.09. The molecule has 2 heterocycles. The highest BCUT2D eigenvalue weighted by Gasteiger charge is 2.24. The Morgan fingerprint density at radius 3 is 2.25 bits per heavy atom. The second kappa shape index (κ2) is 12.8. The van der Waals surface area contributed by atoms with Crippen LogP contribution in [0.4, 0.5) is 15.3 Å². The second-order valence-corrected chi connectivity index (χ2v) is 11.4. The molecule has 1 N–H and O–H groups in total. The van der Waals surface area contributed by atoms with Crippen molar-refractivity contribution < 1.29 is 23.8 Å². The number of rotatable bonds is 6. The van der Waals surface area contributed by atoms with Gasteiger partial charge in [0.25, 0.3) is 0 Å². The van der Waals surface area contributed by atoms with Crippen molar-refractivity contribution in [2.75, 3.05) is 24.5 Å². The van der Waals surface area contributed by atoms with E-state index in [1.165, 1.54) is 0 Å². The van der Waals surface area contributed by atoms with Crippen molar-refractivity contribution in [3.8, 4) is 5.75 Å². The van der Waals surface area contributed by atoms with Gasteiger partial charge in [0.15, 0.2) is 0 Å². The number of thiazole rings is 1. The Morgan fingerprint density at radius 1 is 1.11 bits per heavy atom. The summed E-state index contributed by atoms with van der Waals surface area (Å²) in [5, 5.41) is 5.89. The zero-order valence-corrected chi connectivity index (χ0v) is 23.5. The summed E-state index contributed by atoms with van der Waals surface area (Å²) in [4.78, 5) is 30.1. The monoisotopic (exact) mass is 517 g/mol. The van der Waals surface area contributed by atoms with E-state index >= 15 is 0 Å². The molecule has 1 fully saturated rings. The van der Waals surface area contributed by atoms with Gasteiger partial charge in [0.1, 0.15) is 17.0 Å². The minimum atomic E-state index is -0.735. The molecule has 0 unspecified atom stereocenters. The molecule has 0 spiro atoms. The molecule has 9 heteroatoms. The van der Waals surface area contributed by atoms with Crippen LogP contribution in [0.3, 0.4) is 0 Å². The zero-order valence-electron chi connectivity index (χ0n) is 22.6. The Hall–Kier alpha value is -3.07. The maximum atomic E-state index is 12.0. The first-order valence-electron chi connectivity index (χ1n) is 12.1. The second-order valence-electron chi connectivity index (χ2n) is 10.3. The number of carbonyl (C=O) groups is 2. The number of aromatic nitrogens is 1. The lowest BCUT2D eigenvalue weighted by atomic mass is 10.00. The van der Waals surface area contributed by atoms with Crippen LogP contribution in [0.25, 0.3) is 5.57 Å². The molecule has 1 aliphatic rings. The van der Waals surface area contributed by atoms with E-state index < -0.39 is 23.5 Å². The molecule has 0 radical (unpaired) electrons. The third-order valence-electron chi connectivity index (χ3n) is 4.66. The lowest BCUT2D eigenvalue weighted by Crippen LogP contribution is -2.33. The van der Waals surface area contributed by atoms with Crippen LogP contribution in [-0.2, 0) is 9.47 Å². The quantitative estimate of drug-likeness (QED) is 0.263. The van der Waals surface area contributed by atoms with E-state index in [9.17, 15) is 9.59 Å². The van der Waals surface area contributed by atoms with Gasteiger partial charge in [0.2, 0.25) is 0 Å². The van der Waals surface area contributed by atoms with Crippen molar-refractivity contribution in [1.82, 2.24) is 10.3 Å². The Labute approximate surface area is 218 Å². The highest BCUT2D eigenvalue weighted by atomic mass is 32.1. The van der Waals surface area contributed by atoms with E-state index in [1.54, 1.807) is 44.4 Å². The molecule has 0 saturated carbocycles. The van der Waals surface area contributed by atoms with Gasteiger partial charge in [0, 0.05) is 42.5 Å². The molecule has 0 aliphatic carbocycles. The van der Waals surface area contributed by atoms with Crippen LogP contribution < -0.4 is 15.0 Å². The third kappa shape index (κ3) is 11.1. The molecule has 1 aromatic heterocycles. The van der Waals surface area contributed by atoms with Crippen LogP contribution in [0.2, 0.25) is 0 Å². The summed E-state index contributed by atoms with van der Waals surface area (Å²) in [6.45, 7) is 17.2. The minimum Gasteiger partial charge on any atom is -0.444 e. The minimum absolute atomic E-state index is 0.421. The van der Waals surface area contributed by atoms with Gasteiger partial charge in [-0.2, -0.15) is 0 Å². The van der Waals surface area contributed by atoms with Crippen molar-refractivity contribution in [2.24, 2.45) is 0 Å². The molecule has 0 bridgehead atoms. The fourth-order valence-electron chi connectivity index (χ4n) is 3.11. The fourth-order valence-corrected chi connectivity index (χ4v) is 3.55. The summed E-state index contributed by atoms with van der Waals surface area (Å²) in [7, 11) is 0. The van der Waals surface area contributed by atoms with E-state index in [2.05, 4.69) is 15.2 Å². The van der Waals surface area contributed by atoms with Gasteiger partial charge in [-0.3, -0.25) is 4.98 Å². The summed E-state index contributed by atoms with van der Waals surface area (Å²) in [5.74, 6) is 0.421. The van der Waals surface area contributed by atoms with Crippen molar-refractivity contribution in [3.05, 3.63) is 46.4 Å². The SMILES string of the molecule is C/C=C(/CCNC(=O)OC(C)(C)C)c1cc(OC(=O)OC(C)(C)C)ccc1N1CC1.Cc1nccs1. The van der Waals surface area contributed by atoms with Crippen LogP contribution in [-0.4, -0.2) is 48.1 Å². The summed E-state index contributed by atoms with van der Waals surface area (Å²) in [6.07, 6.45) is 3.26. The number of nitrogens with zero attached hydrogens (tertiary/aromatic N) is 2. The van der Waals surface area contributed by atoms with E-state index in [4.69, 9.17) is 14.2 Å². The molecule has 36 heavy (non-hydrogen) atoms. The lowest BCUT2D eigenvalue weighted by molar-refractivity contribution is 0.0206. The molecule has 0 atom stereocenters. The van der Waals surface area contributed by atoms with Gasteiger partial charge in [0.05, 0.1) is 5.01 Å². The smallest absolute Gasteiger partial charge is 0.444 e. The predicted molar refractivity (Wildman–Crippen MR) is 145 cm³/mol. The number of allylic oxidation sites excluding steroid dienone is 1. The van der Waals surface area contributed by atoms with Crippen LogP contribution in [0, 0.1) is 6.92 Å². The van der Waals surface area contributed by atoms with Crippen molar-refractivity contribution in [1.29, 1.82) is 0 Å². The molecule has 198 valence electrons. The number of carbonyl (C=O) groups excluding carboxylic acids is 2. The van der Waals surface area contributed by atoms with E-state index in [-0.39, 0.29) is 0 Å². The summed E-state index contributed by atoms with van der Waals surface area (Å²) >= 11 is 1.67. The first-order chi connectivity index (χ1) is 16.8. The standard InChI is InChI=1S/C23H34N2O5.C4H5NS/c1-8-16(11-12-24-20(26)29-22(2,3)4)18-15-17(9-10-19(18)25-13-14-25)28-21(27)30-23(5,6)7;1-4-5-2-3-6-4/h8-10,15H,11-14H2,1-7H3,(H,24,26);2-3H,1H3/b16-8-;. The molecular formula is C27H39N3O5S. The largest absolute Gasteiger partial charge is 0.514 e. The maximum absolute atomic E-state index is 12.0. The van der Waals surface area contributed by atoms with Crippen LogP contribution in [0.1, 0.15) is 65.5 Å². The number of benzene rings is 1.